The molecule has 0 aliphatic carbocycles. The van der Waals surface area contributed by atoms with Gasteiger partial charge in [-0.1, -0.05) is 6.07 Å². The Balaban J connectivity index is 2.38. The van der Waals surface area contributed by atoms with E-state index in [1.165, 1.54) is 12.1 Å². The highest BCUT2D eigenvalue weighted by atomic mass is 79.9. The van der Waals surface area contributed by atoms with Crippen LogP contribution in [0, 0.1) is 11.6 Å². The third-order valence-corrected chi connectivity index (χ3v) is 3.23. The lowest BCUT2D eigenvalue weighted by Gasteiger charge is -2.12. The Morgan fingerprint density at radius 2 is 2.14 bits per heavy atom. The zero-order valence-corrected chi connectivity index (χ0v) is 9.07. The van der Waals surface area contributed by atoms with E-state index in [1.807, 2.05) is 0 Å². The average Bonchev–Trinajstić information content (AvgIpc) is 2.67. The smallest absolute Gasteiger partial charge is 0.145 e. The second kappa shape index (κ2) is 3.95. The van der Waals surface area contributed by atoms with Gasteiger partial charge in [-0.05, 0) is 41.4 Å². The molecular weight excluding hydrogens is 252 g/mol. The lowest BCUT2D eigenvalue weighted by molar-refractivity contribution is 0.531. The van der Waals surface area contributed by atoms with E-state index in [1.54, 1.807) is 0 Å². The highest BCUT2D eigenvalue weighted by Crippen LogP contribution is 2.30. The summed E-state index contributed by atoms with van der Waals surface area (Å²) in [5.41, 5.74) is 0.552. The summed E-state index contributed by atoms with van der Waals surface area (Å²) in [6.45, 7) is 0.902. The summed E-state index contributed by atoms with van der Waals surface area (Å²) in [7, 11) is 0. The first kappa shape index (κ1) is 10.1. The Labute approximate surface area is 89.6 Å². The summed E-state index contributed by atoms with van der Waals surface area (Å²) >= 11 is 2.90. The summed E-state index contributed by atoms with van der Waals surface area (Å²) in [4.78, 5) is 0. The minimum Gasteiger partial charge on any atom is -0.310 e. The molecule has 76 valence electrons. The van der Waals surface area contributed by atoms with Crippen LogP contribution in [0.15, 0.2) is 16.6 Å². The standard InChI is InChI=1S/C10H10BrF2N/c11-9-7(12)4-3-6(10(9)13)8-2-1-5-14-8/h3-4,8,14H,1-2,5H2. The van der Waals surface area contributed by atoms with Gasteiger partial charge < -0.3 is 5.32 Å². The molecule has 1 aromatic rings. The van der Waals surface area contributed by atoms with Crippen molar-refractivity contribution in [1.82, 2.24) is 5.32 Å². The molecule has 2 rings (SSSR count). The van der Waals surface area contributed by atoms with Gasteiger partial charge in [-0.3, -0.25) is 0 Å². The second-order valence-corrected chi connectivity index (χ2v) is 4.21. The molecule has 1 aliphatic rings. The third kappa shape index (κ3) is 1.68. The van der Waals surface area contributed by atoms with Gasteiger partial charge in [-0.25, -0.2) is 8.78 Å². The molecule has 4 heteroatoms. The molecule has 1 aliphatic heterocycles. The van der Waals surface area contributed by atoms with Crippen LogP contribution in [0.1, 0.15) is 24.4 Å². The molecule has 1 unspecified atom stereocenters. The maximum Gasteiger partial charge on any atom is 0.145 e. The molecule has 1 nitrogen and oxygen atoms in total. The molecule has 1 heterocycles. The summed E-state index contributed by atoms with van der Waals surface area (Å²) in [6.07, 6.45) is 1.95. The fourth-order valence-corrected chi connectivity index (χ4v) is 2.12. The molecular formula is C10H10BrF2N. The first-order valence-corrected chi connectivity index (χ1v) is 5.36. The maximum atomic E-state index is 13.6. The van der Waals surface area contributed by atoms with Gasteiger partial charge in [0.1, 0.15) is 11.6 Å². The Morgan fingerprint density at radius 3 is 2.79 bits per heavy atom. The van der Waals surface area contributed by atoms with Crippen LogP contribution in [-0.4, -0.2) is 6.54 Å². The van der Waals surface area contributed by atoms with Gasteiger partial charge in [0.2, 0.25) is 0 Å². The van der Waals surface area contributed by atoms with Crippen LogP contribution in [0.5, 0.6) is 0 Å². The molecule has 0 amide bonds. The minimum absolute atomic E-state index is 0.0342. The van der Waals surface area contributed by atoms with Crippen molar-refractivity contribution in [3.8, 4) is 0 Å². The van der Waals surface area contributed by atoms with Crippen molar-refractivity contribution in [2.24, 2.45) is 0 Å². The predicted octanol–water partition coefficient (Wildman–Crippen LogP) is 3.15. The molecule has 1 atom stereocenters. The molecule has 0 saturated carbocycles. The quantitative estimate of drug-likeness (QED) is 0.766. The van der Waals surface area contributed by atoms with Crippen molar-refractivity contribution in [3.63, 3.8) is 0 Å². The highest BCUT2D eigenvalue weighted by molar-refractivity contribution is 9.10. The molecule has 0 spiro atoms. The highest BCUT2D eigenvalue weighted by Gasteiger charge is 2.21. The molecule has 1 aromatic carbocycles. The van der Waals surface area contributed by atoms with E-state index in [9.17, 15) is 8.78 Å². The number of nitrogens with one attached hydrogen (secondary N) is 1. The molecule has 0 radical (unpaired) electrons. The monoisotopic (exact) mass is 261 g/mol. The number of benzene rings is 1. The largest absolute Gasteiger partial charge is 0.310 e. The molecule has 1 N–H and O–H groups in total. The number of rotatable bonds is 1. The van der Waals surface area contributed by atoms with Crippen molar-refractivity contribution in [1.29, 1.82) is 0 Å². The molecule has 1 fully saturated rings. The Bertz CT molecular complexity index is 348. The van der Waals surface area contributed by atoms with Crippen LogP contribution in [0.25, 0.3) is 0 Å². The van der Waals surface area contributed by atoms with E-state index in [0.717, 1.165) is 19.4 Å². The number of halogens is 3. The van der Waals surface area contributed by atoms with Gasteiger partial charge >= 0.3 is 0 Å². The topological polar surface area (TPSA) is 12.0 Å². The van der Waals surface area contributed by atoms with E-state index in [-0.39, 0.29) is 10.5 Å². The maximum absolute atomic E-state index is 13.6. The van der Waals surface area contributed by atoms with Crippen LogP contribution >= 0.6 is 15.9 Å². The SMILES string of the molecule is Fc1ccc(C2CCCN2)c(F)c1Br. The third-order valence-electron chi connectivity index (χ3n) is 2.50. The summed E-state index contributed by atoms with van der Waals surface area (Å²) < 4.78 is 26.5. The predicted molar refractivity (Wildman–Crippen MR) is 54.0 cm³/mol. The van der Waals surface area contributed by atoms with Crippen molar-refractivity contribution >= 4 is 15.9 Å². The first-order valence-electron chi connectivity index (χ1n) is 4.57. The van der Waals surface area contributed by atoms with Gasteiger partial charge in [0, 0.05) is 11.6 Å². The molecule has 1 saturated heterocycles. The normalized spacial score (nSPS) is 21.5. The van der Waals surface area contributed by atoms with Gasteiger partial charge in [0.15, 0.2) is 0 Å². The lowest BCUT2D eigenvalue weighted by Crippen LogP contribution is -2.14. The summed E-state index contributed by atoms with van der Waals surface area (Å²) in [5.74, 6) is -1.03. The van der Waals surface area contributed by atoms with Crippen LogP contribution in [0.3, 0.4) is 0 Å². The van der Waals surface area contributed by atoms with Gasteiger partial charge in [-0.15, -0.1) is 0 Å². The first-order chi connectivity index (χ1) is 6.70. The summed E-state index contributed by atoms with van der Waals surface area (Å²) in [6, 6.07) is 2.84. The zero-order valence-electron chi connectivity index (χ0n) is 7.49. The van der Waals surface area contributed by atoms with Crippen LogP contribution < -0.4 is 5.32 Å². The lowest BCUT2D eigenvalue weighted by atomic mass is 10.0. The fourth-order valence-electron chi connectivity index (χ4n) is 1.76. The molecule has 0 aromatic heterocycles. The molecule has 14 heavy (non-hydrogen) atoms. The molecule has 0 bridgehead atoms. The Hall–Kier alpha value is -0.480. The van der Waals surface area contributed by atoms with E-state index in [2.05, 4.69) is 21.2 Å². The van der Waals surface area contributed by atoms with E-state index >= 15 is 0 Å². The zero-order chi connectivity index (χ0) is 10.1. The van der Waals surface area contributed by atoms with Crippen LogP contribution in [0.4, 0.5) is 8.78 Å². The van der Waals surface area contributed by atoms with Crippen molar-refractivity contribution < 1.29 is 8.78 Å². The summed E-state index contributed by atoms with van der Waals surface area (Å²) in [5, 5.41) is 3.18. The Morgan fingerprint density at radius 1 is 1.36 bits per heavy atom. The van der Waals surface area contributed by atoms with Crippen molar-refractivity contribution in [2.75, 3.05) is 6.54 Å². The van der Waals surface area contributed by atoms with Crippen molar-refractivity contribution in [2.45, 2.75) is 18.9 Å². The van der Waals surface area contributed by atoms with Crippen LogP contribution in [-0.2, 0) is 0 Å². The fraction of sp³-hybridized carbons (Fsp3) is 0.400. The Kier molecular flexibility index (Phi) is 2.83. The minimum atomic E-state index is -0.552. The average molecular weight is 262 g/mol. The van der Waals surface area contributed by atoms with Crippen LogP contribution in [0.2, 0.25) is 0 Å². The van der Waals surface area contributed by atoms with Gasteiger partial charge in [-0.2, -0.15) is 0 Å². The van der Waals surface area contributed by atoms with Crippen molar-refractivity contribution in [3.05, 3.63) is 33.8 Å². The van der Waals surface area contributed by atoms with E-state index in [0.29, 0.717) is 5.56 Å². The number of hydrogen-bond acceptors (Lipinski definition) is 1. The number of hydrogen-bond donors (Lipinski definition) is 1. The van der Waals surface area contributed by atoms with Gasteiger partial charge in [0.25, 0.3) is 0 Å². The van der Waals surface area contributed by atoms with E-state index in [4.69, 9.17) is 0 Å². The second-order valence-electron chi connectivity index (χ2n) is 3.41. The van der Waals surface area contributed by atoms with E-state index < -0.39 is 11.6 Å². The van der Waals surface area contributed by atoms with Gasteiger partial charge in [0.05, 0.1) is 4.47 Å².